The summed E-state index contributed by atoms with van der Waals surface area (Å²) in [6.45, 7) is 8.33. The number of benzene rings is 1. The molecule has 1 saturated heterocycles. The number of furan rings is 1. The summed E-state index contributed by atoms with van der Waals surface area (Å²) in [4.78, 5) is 27.8. The largest absolute Gasteiger partial charge is 0.464 e. The van der Waals surface area contributed by atoms with Crippen LogP contribution in [0.15, 0.2) is 22.8 Å². The highest BCUT2D eigenvalue weighted by atomic mass is 16.3. The molecule has 128 valence electrons. The van der Waals surface area contributed by atoms with Crippen molar-refractivity contribution in [1.29, 1.82) is 0 Å². The third-order valence-electron chi connectivity index (χ3n) is 4.98. The molecule has 0 bridgehead atoms. The summed E-state index contributed by atoms with van der Waals surface area (Å²) in [5.74, 6) is 0.178. The van der Waals surface area contributed by atoms with Gasteiger partial charge in [0.2, 0.25) is 11.8 Å². The average molecular weight is 328 g/mol. The lowest BCUT2D eigenvalue weighted by atomic mass is 10.0. The Balaban J connectivity index is 1.73. The number of rotatable bonds is 2. The minimum atomic E-state index is 0.0796. The van der Waals surface area contributed by atoms with E-state index in [1.54, 1.807) is 13.2 Å². The van der Waals surface area contributed by atoms with E-state index in [0.29, 0.717) is 26.1 Å². The minimum Gasteiger partial charge on any atom is -0.464 e. The van der Waals surface area contributed by atoms with Crippen molar-refractivity contribution in [3.63, 3.8) is 0 Å². The monoisotopic (exact) mass is 328 g/mol. The van der Waals surface area contributed by atoms with Gasteiger partial charge in [-0.05, 0) is 31.4 Å². The van der Waals surface area contributed by atoms with Crippen molar-refractivity contribution in [3.8, 4) is 0 Å². The van der Waals surface area contributed by atoms with Gasteiger partial charge in [-0.25, -0.2) is 0 Å². The first kappa shape index (κ1) is 16.6. The normalized spacial score (nSPS) is 15.6. The molecule has 1 fully saturated rings. The van der Waals surface area contributed by atoms with Crippen LogP contribution >= 0.6 is 0 Å². The molecule has 2 amide bonds. The van der Waals surface area contributed by atoms with Crippen molar-refractivity contribution in [2.75, 3.05) is 26.2 Å². The van der Waals surface area contributed by atoms with E-state index in [2.05, 4.69) is 13.0 Å². The smallest absolute Gasteiger partial charge is 0.227 e. The van der Waals surface area contributed by atoms with Gasteiger partial charge in [0.25, 0.3) is 0 Å². The number of hydrogen-bond donors (Lipinski definition) is 0. The zero-order chi connectivity index (χ0) is 17.3. The van der Waals surface area contributed by atoms with Crippen LogP contribution in [0.25, 0.3) is 11.0 Å². The Bertz CT molecular complexity index is 778. The zero-order valence-corrected chi connectivity index (χ0v) is 14.6. The number of amides is 2. The zero-order valence-electron chi connectivity index (χ0n) is 14.6. The molecule has 0 radical (unpaired) electrons. The Kier molecular flexibility index (Phi) is 4.60. The maximum atomic E-state index is 12.7. The molecular formula is C19H24N2O3. The predicted octanol–water partition coefficient (Wildman–Crippen LogP) is 2.67. The highest BCUT2D eigenvalue weighted by Crippen LogP contribution is 2.27. The molecule has 0 atom stereocenters. The van der Waals surface area contributed by atoms with Gasteiger partial charge in [0.05, 0.1) is 12.7 Å². The molecule has 2 aromatic rings. The van der Waals surface area contributed by atoms with Crippen LogP contribution in [0, 0.1) is 13.8 Å². The fraction of sp³-hybridized carbons (Fsp3) is 0.474. The van der Waals surface area contributed by atoms with Gasteiger partial charge < -0.3 is 14.2 Å². The lowest BCUT2D eigenvalue weighted by Gasteiger charge is -2.21. The number of aryl methyl sites for hydroxylation is 2. The third kappa shape index (κ3) is 3.16. The van der Waals surface area contributed by atoms with Crippen molar-refractivity contribution < 1.29 is 14.0 Å². The highest BCUT2D eigenvalue weighted by molar-refractivity contribution is 5.89. The van der Waals surface area contributed by atoms with Gasteiger partial charge in [0.1, 0.15) is 5.58 Å². The maximum absolute atomic E-state index is 12.7. The second-order valence-electron chi connectivity index (χ2n) is 6.56. The van der Waals surface area contributed by atoms with E-state index in [-0.39, 0.29) is 11.8 Å². The summed E-state index contributed by atoms with van der Waals surface area (Å²) in [6.07, 6.45) is 2.88. The van der Waals surface area contributed by atoms with E-state index in [9.17, 15) is 9.59 Å². The van der Waals surface area contributed by atoms with E-state index in [0.717, 1.165) is 35.1 Å². The van der Waals surface area contributed by atoms with Crippen LogP contribution in [0.2, 0.25) is 0 Å². The van der Waals surface area contributed by atoms with E-state index in [1.807, 2.05) is 22.8 Å². The van der Waals surface area contributed by atoms with Gasteiger partial charge >= 0.3 is 0 Å². The van der Waals surface area contributed by atoms with Crippen molar-refractivity contribution in [2.45, 2.75) is 33.6 Å². The van der Waals surface area contributed by atoms with Gasteiger partial charge in [-0.15, -0.1) is 0 Å². The fourth-order valence-electron chi connectivity index (χ4n) is 3.28. The van der Waals surface area contributed by atoms with Crippen LogP contribution < -0.4 is 0 Å². The van der Waals surface area contributed by atoms with Crippen LogP contribution in [0.3, 0.4) is 0 Å². The van der Waals surface area contributed by atoms with Gasteiger partial charge in [0, 0.05) is 44.1 Å². The quantitative estimate of drug-likeness (QED) is 0.852. The van der Waals surface area contributed by atoms with Crippen LogP contribution in [-0.2, 0) is 16.0 Å². The molecule has 1 aromatic carbocycles. The topological polar surface area (TPSA) is 53.8 Å². The van der Waals surface area contributed by atoms with Crippen LogP contribution in [-0.4, -0.2) is 47.8 Å². The number of carbonyl (C=O) groups excluding carboxylic acids is 2. The number of nitrogens with zero attached hydrogens (tertiary/aromatic N) is 2. The Hall–Kier alpha value is -2.30. The summed E-state index contributed by atoms with van der Waals surface area (Å²) in [7, 11) is 0. The van der Waals surface area contributed by atoms with Crippen molar-refractivity contribution in [2.24, 2.45) is 0 Å². The summed E-state index contributed by atoms with van der Waals surface area (Å²) < 4.78 is 5.70. The highest BCUT2D eigenvalue weighted by Gasteiger charge is 2.21. The second kappa shape index (κ2) is 6.67. The van der Waals surface area contributed by atoms with Crippen molar-refractivity contribution in [3.05, 3.63) is 35.1 Å². The third-order valence-corrected chi connectivity index (χ3v) is 4.98. The molecule has 0 spiro atoms. The predicted molar refractivity (Wildman–Crippen MR) is 92.8 cm³/mol. The molecule has 0 aliphatic carbocycles. The Morgan fingerprint density at radius 1 is 1.08 bits per heavy atom. The van der Waals surface area contributed by atoms with E-state index in [1.165, 1.54) is 5.56 Å². The lowest BCUT2D eigenvalue weighted by Crippen LogP contribution is -2.37. The van der Waals surface area contributed by atoms with E-state index in [4.69, 9.17) is 4.42 Å². The molecule has 2 heterocycles. The van der Waals surface area contributed by atoms with Crippen molar-refractivity contribution >= 4 is 22.8 Å². The summed E-state index contributed by atoms with van der Waals surface area (Å²) in [5.41, 5.74) is 4.12. The maximum Gasteiger partial charge on any atom is 0.227 e. The van der Waals surface area contributed by atoms with Gasteiger partial charge in [0.15, 0.2) is 0 Å². The van der Waals surface area contributed by atoms with E-state index >= 15 is 0 Å². The molecular weight excluding hydrogens is 304 g/mol. The Morgan fingerprint density at radius 3 is 2.54 bits per heavy atom. The molecule has 1 aliphatic heterocycles. The van der Waals surface area contributed by atoms with Crippen LogP contribution in [0.1, 0.15) is 30.0 Å². The molecule has 1 aliphatic rings. The van der Waals surface area contributed by atoms with Crippen molar-refractivity contribution in [1.82, 2.24) is 9.80 Å². The van der Waals surface area contributed by atoms with Crippen LogP contribution in [0.5, 0.6) is 0 Å². The van der Waals surface area contributed by atoms with Crippen LogP contribution in [0.4, 0.5) is 0 Å². The first-order valence-electron chi connectivity index (χ1n) is 8.47. The average Bonchev–Trinajstić information content (AvgIpc) is 2.79. The standard InChI is InChI=1S/C19H24N2O3/c1-13-5-6-17-16(12-24-19(17)14(13)2)11-18(23)21-8-4-7-20(9-10-21)15(3)22/h5-6,12H,4,7-11H2,1-3H3. The molecule has 0 N–H and O–H groups in total. The molecule has 5 nitrogen and oxygen atoms in total. The molecule has 24 heavy (non-hydrogen) atoms. The molecule has 1 aromatic heterocycles. The molecule has 0 saturated carbocycles. The minimum absolute atomic E-state index is 0.0796. The lowest BCUT2D eigenvalue weighted by molar-refractivity contribution is -0.132. The first-order chi connectivity index (χ1) is 11.5. The SMILES string of the molecule is CC(=O)N1CCCN(C(=O)Cc2coc3c(C)c(C)ccc23)CC1. The van der Waals surface area contributed by atoms with Gasteiger partial charge in [-0.1, -0.05) is 12.1 Å². The summed E-state index contributed by atoms with van der Waals surface area (Å²) in [6, 6.07) is 4.10. The molecule has 3 rings (SSSR count). The molecule has 5 heteroatoms. The Morgan fingerprint density at radius 2 is 1.79 bits per heavy atom. The molecule has 0 unspecified atom stereocenters. The number of fused-ring (bicyclic) bond motifs is 1. The van der Waals surface area contributed by atoms with E-state index < -0.39 is 0 Å². The summed E-state index contributed by atoms with van der Waals surface area (Å²) >= 11 is 0. The number of hydrogen-bond acceptors (Lipinski definition) is 3. The first-order valence-corrected chi connectivity index (χ1v) is 8.47. The van der Waals surface area contributed by atoms with Gasteiger partial charge in [-0.3, -0.25) is 9.59 Å². The fourth-order valence-corrected chi connectivity index (χ4v) is 3.28. The summed E-state index contributed by atoms with van der Waals surface area (Å²) in [5, 5.41) is 1.02. The Labute approximate surface area is 142 Å². The van der Waals surface area contributed by atoms with Gasteiger partial charge in [-0.2, -0.15) is 0 Å². The number of carbonyl (C=O) groups is 2. The second-order valence-corrected chi connectivity index (χ2v) is 6.56.